The molecule has 0 atom stereocenters. The topological polar surface area (TPSA) is 40.5 Å². The molecule has 118 valence electrons. The predicted octanol–water partition coefficient (Wildman–Crippen LogP) is 4.34. The van der Waals surface area contributed by atoms with Crippen LogP contribution in [0.3, 0.4) is 0 Å². The van der Waals surface area contributed by atoms with Crippen molar-refractivity contribution >= 4 is 16.9 Å². The third-order valence-corrected chi connectivity index (χ3v) is 3.41. The predicted molar refractivity (Wildman–Crippen MR) is 90.3 cm³/mol. The zero-order chi connectivity index (χ0) is 16.4. The quantitative estimate of drug-likeness (QED) is 0.531. The Kier molecular flexibility index (Phi) is 4.06. The van der Waals surface area contributed by atoms with Gasteiger partial charge in [-0.2, -0.15) is 0 Å². The minimum absolute atomic E-state index is 0.160. The fourth-order valence-electron chi connectivity index (χ4n) is 2.53. The van der Waals surface area contributed by atoms with E-state index < -0.39 is 0 Å². The number of esters is 1. The molecule has 3 rings (SSSR count). The van der Waals surface area contributed by atoms with Crippen molar-refractivity contribution in [3.63, 3.8) is 0 Å². The Balaban J connectivity index is 1.92. The summed E-state index contributed by atoms with van der Waals surface area (Å²) in [5, 5.41) is 1.02. The van der Waals surface area contributed by atoms with Crippen LogP contribution in [0.25, 0.3) is 16.6 Å². The van der Waals surface area contributed by atoms with Crippen molar-refractivity contribution in [2.75, 3.05) is 0 Å². The Morgan fingerprint density at radius 1 is 1.00 bits per heavy atom. The molecule has 1 aromatic heterocycles. The van der Waals surface area contributed by atoms with Gasteiger partial charge in [-0.15, -0.1) is 0 Å². The van der Waals surface area contributed by atoms with Crippen LogP contribution in [0, 0.1) is 0 Å². The van der Waals surface area contributed by atoms with Gasteiger partial charge in [0.1, 0.15) is 11.5 Å². The smallest absolute Gasteiger partial charge is 0.308 e. The summed E-state index contributed by atoms with van der Waals surface area (Å²) in [6.07, 6.45) is 2.16. The van der Waals surface area contributed by atoms with Crippen LogP contribution in [0.2, 0.25) is 0 Å². The second-order valence-electron chi connectivity index (χ2n) is 5.66. The number of carbonyl (C=O) groups is 1. The lowest BCUT2D eigenvalue weighted by Crippen LogP contribution is -2.05. The normalized spacial score (nSPS) is 11.0. The summed E-state index contributed by atoms with van der Waals surface area (Å²) < 4.78 is 12.9. The van der Waals surface area contributed by atoms with Crippen molar-refractivity contribution in [3.8, 4) is 17.2 Å². The molecule has 0 aliphatic heterocycles. The number of fused-ring (bicyclic) bond motifs is 1. The van der Waals surface area contributed by atoms with Crippen molar-refractivity contribution in [2.45, 2.75) is 26.9 Å². The summed E-state index contributed by atoms with van der Waals surface area (Å²) in [6, 6.07) is 15.6. The molecule has 0 saturated heterocycles. The zero-order valence-electron chi connectivity index (χ0n) is 13.4. The van der Waals surface area contributed by atoms with Gasteiger partial charge in [0.05, 0.1) is 11.6 Å². The highest BCUT2D eigenvalue weighted by molar-refractivity contribution is 5.84. The molecule has 2 aromatic carbocycles. The highest BCUT2D eigenvalue weighted by atomic mass is 16.5. The number of rotatable bonds is 4. The number of nitrogens with zero attached hydrogens (tertiary/aromatic N) is 1. The second kappa shape index (κ2) is 6.16. The van der Waals surface area contributed by atoms with Gasteiger partial charge in [-0.3, -0.25) is 4.79 Å². The molecule has 0 unspecified atom stereocenters. The summed E-state index contributed by atoms with van der Waals surface area (Å²) in [5.41, 5.74) is 2.11. The van der Waals surface area contributed by atoms with E-state index in [2.05, 4.69) is 4.57 Å². The Hall–Kier alpha value is -2.75. The largest absolute Gasteiger partial charge is 0.491 e. The van der Waals surface area contributed by atoms with Crippen molar-refractivity contribution in [2.24, 2.45) is 0 Å². The summed E-state index contributed by atoms with van der Waals surface area (Å²) >= 11 is 0. The lowest BCUT2D eigenvalue weighted by molar-refractivity contribution is -0.131. The van der Waals surface area contributed by atoms with E-state index in [1.165, 1.54) is 6.92 Å². The summed E-state index contributed by atoms with van der Waals surface area (Å²) in [5.74, 6) is 1.10. The minimum Gasteiger partial charge on any atom is -0.491 e. The third-order valence-electron chi connectivity index (χ3n) is 3.41. The molecule has 23 heavy (non-hydrogen) atoms. The van der Waals surface area contributed by atoms with Crippen LogP contribution >= 0.6 is 0 Å². The van der Waals surface area contributed by atoms with Crippen LogP contribution in [0.15, 0.2) is 54.7 Å². The van der Waals surface area contributed by atoms with Crippen molar-refractivity contribution in [1.29, 1.82) is 0 Å². The lowest BCUT2D eigenvalue weighted by atomic mass is 10.2. The molecule has 0 aliphatic rings. The summed E-state index contributed by atoms with van der Waals surface area (Å²) in [4.78, 5) is 11.0. The van der Waals surface area contributed by atoms with E-state index in [-0.39, 0.29) is 12.1 Å². The first kappa shape index (κ1) is 15.2. The third kappa shape index (κ3) is 3.37. The zero-order valence-corrected chi connectivity index (χ0v) is 13.4. The number of benzene rings is 2. The van der Waals surface area contributed by atoms with Crippen LogP contribution in [-0.2, 0) is 4.79 Å². The fourth-order valence-corrected chi connectivity index (χ4v) is 2.53. The molecule has 0 bridgehead atoms. The molecule has 0 fully saturated rings. The van der Waals surface area contributed by atoms with Gasteiger partial charge in [-0.05, 0) is 62.4 Å². The lowest BCUT2D eigenvalue weighted by Gasteiger charge is -2.11. The Labute approximate surface area is 135 Å². The van der Waals surface area contributed by atoms with E-state index in [0.29, 0.717) is 5.75 Å². The fraction of sp³-hybridized carbons (Fsp3) is 0.211. The van der Waals surface area contributed by atoms with E-state index in [4.69, 9.17) is 9.47 Å². The van der Waals surface area contributed by atoms with Crippen LogP contribution in [0.1, 0.15) is 20.8 Å². The first-order valence-electron chi connectivity index (χ1n) is 7.59. The van der Waals surface area contributed by atoms with Crippen LogP contribution < -0.4 is 9.47 Å². The maximum Gasteiger partial charge on any atom is 0.308 e. The average molecular weight is 309 g/mol. The SMILES string of the molecule is CC(=O)Oc1ccc2c(ccn2-c2ccc(OC(C)C)cc2)c1. The first-order valence-corrected chi connectivity index (χ1v) is 7.59. The standard InChI is InChI=1S/C19H19NO3/c1-13(2)22-17-6-4-16(5-7-17)20-11-10-15-12-18(23-14(3)21)8-9-19(15)20/h4-13H,1-3H3. The highest BCUT2D eigenvalue weighted by Gasteiger charge is 2.06. The van der Waals surface area contributed by atoms with Gasteiger partial charge in [0.15, 0.2) is 0 Å². The Morgan fingerprint density at radius 2 is 1.70 bits per heavy atom. The van der Waals surface area contributed by atoms with Crippen LogP contribution in [0.4, 0.5) is 0 Å². The second-order valence-corrected chi connectivity index (χ2v) is 5.66. The van der Waals surface area contributed by atoms with E-state index in [1.54, 1.807) is 6.07 Å². The molecule has 0 radical (unpaired) electrons. The van der Waals surface area contributed by atoms with Gasteiger partial charge in [-0.1, -0.05) is 0 Å². The van der Waals surface area contributed by atoms with E-state index in [0.717, 1.165) is 22.3 Å². The number of aromatic nitrogens is 1. The molecule has 3 aromatic rings. The van der Waals surface area contributed by atoms with Gasteiger partial charge in [0.2, 0.25) is 0 Å². The van der Waals surface area contributed by atoms with Crippen molar-refractivity contribution in [1.82, 2.24) is 4.57 Å². The van der Waals surface area contributed by atoms with E-state index >= 15 is 0 Å². The van der Waals surface area contributed by atoms with Gasteiger partial charge in [0, 0.05) is 24.2 Å². The maximum atomic E-state index is 11.0. The molecule has 0 N–H and O–H groups in total. The molecule has 0 spiro atoms. The number of hydrogen-bond acceptors (Lipinski definition) is 3. The van der Waals surface area contributed by atoms with Crippen molar-refractivity contribution < 1.29 is 14.3 Å². The molecule has 0 amide bonds. The van der Waals surface area contributed by atoms with Gasteiger partial charge in [-0.25, -0.2) is 0 Å². The molecular weight excluding hydrogens is 290 g/mol. The molecular formula is C19H19NO3. The van der Waals surface area contributed by atoms with Crippen LogP contribution in [0.5, 0.6) is 11.5 Å². The maximum absolute atomic E-state index is 11.0. The molecule has 4 nitrogen and oxygen atoms in total. The number of carbonyl (C=O) groups excluding carboxylic acids is 1. The highest BCUT2D eigenvalue weighted by Crippen LogP contribution is 2.26. The number of hydrogen-bond donors (Lipinski definition) is 0. The molecule has 0 saturated carbocycles. The average Bonchev–Trinajstić information content (AvgIpc) is 2.90. The Morgan fingerprint density at radius 3 is 2.35 bits per heavy atom. The first-order chi connectivity index (χ1) is 11.0. The van der Waals surface area contributed by atoms with Gasteiger partial charge in [0.25, 0.3) is 0 Å². The van der Waals surface area contributed by atoms with Crippen molar-refractivity contribution in [3.05, 3.63) is 54.7 Å². The molecule has 1 heterocycles. The molecule has 0 aliphatic carbocycles. The monoisotopic (exact) mass is 309 g/mol. The van der Waals surface area contributed by atoms with E-state index in [9.17, 15) is 4.79 Å². The number of ether oxygens (including phenoxy) is 2. The summed E-state index contributed by atoms with van der Waals surface area (Å²) in [6.45, 7) is 5.41. The minimum atomic E-state index is -0.315. The van der Waals surface area contributed by atoms with E-state index in [1.807, 2.05) is 62.5 Å². The Bertz CT molecular complexity index is 831. The van der Waals surface area contributed by atoms with Crippen LogP contribution in [-0.4, -0.2) is 16.6 Å². The van der Waals surface area contributed by atoms with Gasteiger partial charge >= 0.3 is 5.97 Å². The summed E-state index contributed by atoms with van der Waals surface area (Å²) in [7, 11) is 0. The van der Waals surface area contributed by atoms with Gasteiger partial charge < -0.3 is 14.0 Å². The molecule has 4 heteroatoms.